The van der Waals surface area contributed by atoms with Gasteiger partial charge in [-0.05, 0) is 89.7 Å². The van der Waals surface area contributed by atoms with E-state index in [1.165, 1.54) is 89.2 Å². The van der Waals surface area contributed by atoms with Crippen molar-refractivity contribution in [1.29, 1.82) is 0 Å². The highest BCUT2D eigenvalue weighted by Crippen LogP contribution is 2.22. The molecule has 22 nitrogen and oxygen atoms in total. The molecular weight excluding hydrogens is 977 g/mol. The van der Waals surface area contributed by atoms with Crippen LogP contribution in [0.25, 0.3) is 0 Å². The predicted molar refractivity (Wildman–Crippen MR) is 309 cm³/mol. The summed E-state index contributed by atoms with van der Waals surface area (Å²) in [5.74, 6) is 0.791. The van der Waals surface area contributed by atoms with Gasteiger partial charge in [0.25, 0.3) is 20.2 Å². The number of rotatable bonds is 23. The van der Waals surface area contributed by atoms with Crippen molar-refractivity contribution in [1.82, 2.24) is 40.7 Å². The maximum absolute atomic E-state index is 12.1. The van der Waals surface area contributed by atoms with Crippen LogP contribution in [0, 0.1) is 0 Å². The minimum atomic E-state index is -4.60. The number of aliphatic hydroxyl groups is 2. The molecule has 2 rings (SSSR count). The summed E-state index contributed by atoms with van der Waals surface area (Å²) in [7, 11) is -5.49. The fourth-order valence-electron chi connectivity index (χ4n) is 5.02. The van der Waals surface area contributed by atoms with Crippen molar-refractivity contribution in [3.63, 3.8) is 0 Å². The van der Waals surface area contributed by atoms with E-state index in [1.54, 1.807) is 39.1 Å². The van der Waals surface area contributed by atoms with Gasteiger partial charge in [-0.15, -0.1) is 0 Å². The normalized spacial score (nSPS) is 13.0. The first kappa shape index (κ1) is 76.9. The highest BCUT2D eigenvalue weighted by Gasteiger charge is 2.19. The summed E-state index contributed by atoms with van der Waals surface area (Å²) >= 11 is 0. The van der Waals surface area contributed by atoms with Crippen LogP contribution in [0.2, 0.25) is 0 Å². The Kier molecular flexibility index (Phi) is 53.1. The van der Waals surface area contributed by atoms with E-state index >= 15 is 0 Å². The fraction of sp³-hybridized carbons (Fsp3) is 0.612. The third-order valence-corrected chi connectivity index (χ3v) is 10.2. The van der Waals surface area contributed by atoms with Crippen molar-refractivity contribution < 1.29 is 36.2 Å². The van der Waals surface area contributed by atoms with Crippen LogP contribution in [0.3, 0.4) is 0 Å². The molecule has 1 unspecified atom stereocenters. The number of aliphatic imine (C=N–C) groups is 2. The molecule has 1 atom stereocenters. The first-order valence-corrected chi connectivity index (χ1v) is 28.1. The molecule has 1 heterocycles. The Morgan fingerprint density at radius 3 is 1.90 bits per heavy atom. The second kappa shape index (κ2) is 50.5. The Bertz CT molecular complexity index is 2030. The molecule has 0 saturated carbocycles. The zero-order valence-electron chi connectivity index (χ0n) is 46.9. The first-order chi connectivity index (χ1) is 34.6. The molecule has 73 heavy (non-hydrogen) atoms. The summed E-state index contributed by atoms with van der Waals surface area (Å²) in [5.41, 5.74) is 12.3. The molecule has 1 aliphatic rings. The molecule has 1 aromatic heterocycles. The lowest BCUT2D eigenvalue weighted by Gasteiger charge is -2.15. The lowest BCUT2D eigenvalue weighted by Crippen LogP contribution is -2.44. The van der Waals surface area contributed by atoms with Crippen LogP contribution in [0.15, 0.2) is 93.0 Å². The van der Waals surface area contributed by atoms with E-state index in [0.29, 0.717) is 49.1 Å². The summed E-state index contributed by atoms with van der Waals surface area (Å²) in [6, 6.07) is 0. The maximum atomic E-state index is 12.1. The van der Waals surface area contributed by atoms with Gasteiger partial charge in [-0.2, -0.15) is 31.8 Å². The minimum Gasteiger partial charge on any atom is -0.397 e. The van der Waals surface area contributed by atoms with E-state index in [4.69, 9.17) is 26.2 Å². The number of anilines is 3. The molecule has 0 radical (unpaired) electrons. The van der Waals surface area contributed by atoms with Crippen molar-refractivity contribution in [2.45, 2.75) is 115 Å². The van der Waals surface area contributed by atoms with Crippen LogP contribution in [-0.4, -0.2) is 164 Å². The van der Waals surface area contributed by atoms with E-state index in [1.807, 2.05) is 34.6 Å². The van der Waals surface area contributed by atoms with Crippen molar-refractivity contribution >= 4 is 50.0 Å². The molecule has 0 fully saturated rings. The second-order valence-electron chi connectivity index (χ2n) is 14.3. The third kappa shape index (κ3) is 47.7. The predicted octanol–water partition coefficient (Wildman–Crippen LogP) is 5.95. The van der Waals surface area contributed by atoms with Gasteiger partial charge in [0, 0.05) is 39.4 Å². The standard InChI is InChI=1S/C22H32N6O6S2.C8H16N6O.C7H17N.C6H15N.C2H6O.2C2H6/c1-4-25-16-26-22(28-21(23)24-3)27-19-11-8-10-18(20(15-19)36(32,33)34)13-12-17(2)9-6-5-7-14-35(29,30)31;1-5(15)3-4-11-8-13-6(9)12-7(10-2)14-8;1-4-7-8(5-2)6-3;1-4-7(5-2)6-3;1-2-3;2*1-2/h5-10,12-13,15,25H,2,4,11,14,16H2,1,3H3,(H,29,30,31)(H,32,33,34)(H4,23,24,26,27,28);5,15H,3-4H2,1-2H3,(H4,9,10,11,12,13,14);4-7H2,1-3H3;4-6H2,1-3H3;3H,2H2,1H3;2*1-2H3/b7-5-,9-6-,13-12+;;;;;;. The van der Waals surface area contributed by atoms with Gasteiger partial charge >= 0.3 is 0 Å². The Labute approximate surface area is 441 Å². The minimum absolute atomic E-state index is 0.0936. The summed E-state index contributed by atoms with van der Waals surface area (Å²) in [5, 5.41) is 31.1. The summed E-state index contributed by atoms with van der Waals surface area (Å²) in [4.78, 5) is 24.4. The monoisotopic (exact) mass is 1070 g/mol. The van der Waals surface area contributed by atoms with Crippen LogP contribution in [0.5, 0.6) is 0 Å². The average molecular weight is 1080 g/mol. The van der Waals surface area contributed by atoms with Crippen molar-refractivity contribution in [3.05, 3.63) is 83.0 Å². The van der Waals surface area contributed by atoms with E-state index in [2.05, 4.69) is 109 Å². The van der Waals surface area contributed by atoms with Gasteiger partial charge in [-0.3, -0.25) is 24.7 Å². The molecular formula is C49H98N14O8S2. The first-order valence-electron chi connectivity index (χ1n) is 25.0. The van der Waals surface area contributed by atoms with Crippen LogP contribution in [0.1, 0.15) is 109 Å². The van der Waals surface area contributed by atoms with Gasteiger partial charge in [0.2, 0.25) is 23.8 Å². The van der Waals surface area contributed by atoms with E-state index in [-0.39, 0.29) is 47.7 Å². The number of hydrogen-bond acceptors (Lipinski definition) is 17. The van der Waals surface area contributed by atoms with E-state index in [0.717, 1.165) is 0 Å². The molecule has 1 aliphatic carbocycles. The Morgan fingerprint density at radius 2 is 1.47 bits per heavy atom. The maximum Gasteiger partial charge on any atom is 0.295 e. The number of nitrogens with two attached hydrogens (primary N) is 2. The molecule has 0 amide bonds. The van der Waals surface area contributed by atoms with E-state index in [9.17, 15) is 21.4 Å². The highest BCUT2D eigenvalue weighted by atomic mass is 32.2. The number of nitrogen functional groups attached to an aromatic ring is 1. The van der Waals surface area contributed by atoms with Gasteiger partial charge in [0.05, 0.1) is 18.5 Å². The molecule has 0 bridgehead atoms. The van der Waals surface area contributed by atoms with Crippen LogP contribution in [-0.2, 0) is 20.2 Å². The van der Waals surface area contributed by atoms with Crippen LogP contribution < -0.4 is 38.1 Å². The zero-order valence-corrected chi connectivity index (χ0v) is 48.5. The van der Waals surface area contributed by atoms with Crippen LogP contribution >= 0.6 is 0 Å². The molecule has 0 spiro atoms. The van der Waals surface area contributed by atoms with Gasteiger partial charge in [0.15, 0.2) is 5.96 Å². The number of aliphatic hydroxyl groups excluding tert-OH is 2. The number of nitrogens with zero attached hydrogens (tertiary/aromatic N) is 7. The smallest absolute Gasteiger partial charge is 0.295 e. The summed E-state index contributed by atoms with van der Waals surface area (Å²) in [6.45, 7) is 39.3. The van der Waals surface area contributed by atoms with Gasteiger partial charge < -0.3 is 47.4 Å². The number of allylic oxidation sites excluding steroid dienone is 10. The van der Waals surface area contributed by atoms with Gasteiger partial charge in [-0.25, -0.2) is 4.99 Å². The number of guanidine groups is 2. The topological polar surface area (TPSA) is 331 Å². The fourth-order valence-corrected chi connectivity index (χ4v) is 6.10. The SMILES string of the molecule is C=C(/C=C\C=C/CS(=O)(=O)O)/C=C/C1=C(S(=O)(=O)O)C=C(N/C(=N/CNCC)NC(N)=NC)CC=C1.CC.CC.CCCN(CC)CC.CCN(CC)CC.CCO.CNc1nc(N)nc(NCCC(C)O)n1. The Morgan fingerprint density at radius 1 is 0.904 bits per heavy atom. The Balaban J connectivity index is -0.000000337. The van der Waals surface area contributed by atoms with Gasteiger partial charge in [0.1, 0.15) is 4.91 Å². The zero-order chi connectivity index (χ0) is 57.3. The number of nitrogens with one attached hydrogen (secondary N) is 5. The van der Waals surface area contributed by atoms with Crippen molar-refractivity contribution in [2.24, 2.45) is 15.7 Å². The number of aromatic nitrogens is 3. The van der Waals surface area contributed by atoms with Gasteiger partial charge in [-0.1, -0.05) is 131 Å². The lowest BCUT2D eigenvalue weighted by molar-refractivity contribution is 0.188. The van der Waals surface area contributed by atoms with Crippen LogP contribution in [0.4, 0.5) is 17.8 Å². The highest BCUT2D eigenvalue weighted by molar-refractivity contribution is 7.90. The molecule has 13 N–H and O–H groups in total. The molecule has 0 aliphatic heterocycles. The van der Waals surface area contributed by atoms with E-state index < -0.39 is 26.0 Å². The van der Waals surface area contributed by atoms with Crippen molar-refractivity contribution in [2.75, 3.05) is 102 Å². The number of hydrogen-bond donors (Lipinski definition) is 11. The third-order valence-electron chi connectivity index (χ3n) is 8.71. The van der Waals surface area contributed by atoms with Crippen molar-refractivity contribution in [3.8, 4) is 0 Å². The second-order valence-corrected chi connectivity index (χ2v) is 17.1. The summed E-state index contributed by atoms with van der Waals surface area (Å²) < 4.78 is 64.2. The average Bonchev–Trinajstić information content (AvgIpc) is 3.56. The Hall–Kier alpha value is -5.05. The molecule has 0 saturated heterocycles. The molecule has 0 aromatic carbocycles. The lowest BCUT2D eigenvalue weighted by atomic mass is 10.1. The molecule has 424 valence electrons. The molecule has 24 heteroatoms. The summed E-state index contributed by atoms with van der Waals surface area (Å²) in [6.07, 6.45) is 15.1. The quantitative estimate of drug-likeness (QED) is 0.0198. The molecule has 1 aromatic rings. The largest absolute Gasteiger partial charge is 0.397 e.